The Morgan fingerprint density at radius 3 is 2.45 bits per heavy atom. The van der Waals surface area contributed by atoms with E-state index in [1.807, 2.05) is 12.1 Å². The molecule has 0 saturated carbocycles. The predicted octanol–water partition coefficient (Wildman–Crippen LogP) is 1.54. The first-order chi connectivity index (χ1) is 9.08. The Hall–Kier alpha value is -0.850. The smallest absolute Gasteiger partial charge is 0.239 e. The monoisotopic (exact) mass is 322 g/mol. The fourth-order valence-corrected chi connectivity index (χ4v) is 1.72. The van der Waals surface area contributed by atoms with Gasteiger partial charge >= 0.3 is 0 Å². The molecule has 7 heteroatoms. The molecular weight excluding hydrogens is 303 g/mol. The Morgan fingerprint density at radius 1 is 1.35 bits per heavy atom. The van der Waals surface area contributed by atoms with Crippen LogP contribution in [0.4, 0.5) is 0 Å². The van der Waals surface area contributed by atoms with E-state index in [-0.39, 0.29) is 31.0 Å². The number of rotatable bonds is 7. The maximum atomic E-state index is 11.6. The van der Waals surface area contributed by atoms with Crippen molar-refractivity contribution in [2.75, 3.05) is 27.4 Å². The third-order valence-electron chi connectivity index (χ3n) is 2.67. The van der Waals surface area contributed by atoms with E-state index in [4.69, 9.17) is 26.8 Å². The Bertz CT molecular complexity index is 401. The number of amides is 1. The highest BCUT2D eigenvalue weighted by atomic mass is 35.5. The Kier molecular flexibility index (Phi) is 9.54. The second kappa shape index (κ2) is 9.96. The van der Waals surface area contributed by atoms with E-state index >= 15 is 0 Å². The van der Waals surface area contributed by atoms with Gasteiger partial charge in [0, 0.05) is 25.8 Å². The van der Waals surface area contributed by atoms with Crippen molar-refractivity contribution in [3.63, 3.8) is 0 Å². The lowest BCUT2D eigenvalue weighted by molar-refractivity contribution is -0.124. The standard InChI is InChI=1S/C13H19ClN2O3.ClH/c1-18-8-11(15)13(17)16-7-12(19-2)9-3-5-10(14)6-4-9;/h3-6,11-12H,7-8,15H2,1-2H3,(H,16,17);1H. The van der Waals surface area contributed by atoms with E-state index in [9.17, 15) is 4.79 Å². The Labute approximate surface area is 130 Å². The van der Waals surface area contributed by atoms with Gasteiger partial charge in [-0.25, -0.2) is 0 Å². The zero-order valence-electron chi connectivity index (χ0n) is 11.5. The quantitative estimate of drug-likeness (QED) is 0.798. The fourth-order valence-electron chi connectivity index (χ4n) is 1.59. The summed E-state index contributed by atoms with van der Waals surface area (Å²) in [6.07, 6.45) is -0.240. The van der Waals surface area contributed by atoms with Gasteiger partial charge in [0.25, 0.3) is 0 Å². The first-order valence-corrected chi connectivity index (χ1v) is 6.26. The van der Waals surface area contributed by atoms with Crippen LogP contribution in [-0.2, 0) is 14.3 Å². The van der Waals surface area contributed by atoms with E-state index in [2.05, 4.69) is 5.32 Å². The van der Waals surface area contributed by atoms with Crippen LogP contribution in [0.2, 0.25) is 5.02 Å². The molecule has 0 aliphatic heterocycles. The largest absolute Gasteiger partial charge is 0.383 e. The summed E-state index contributed by atoms with van der Waals surface area (Å²) in [5, 5.41) is 3.39. The highest BCUT2D eigenvalue weighted by Gasteiger charge is 2.16. The highest BCUT2D eigenvalue weighted by Crippen LogP contribution is 2.18. The number of carbonyl (C=O) groups is 1. The number of hydrogen-bond donors (Lipinski definition) is 2. The SMILES string of the molecule is COCC(N)C(=O)NCC(OC)c1ccc(Cl)cc1.Cl. The molecule has 0 spiro atoms. The maximum Gasteiger partial charge on any atom is 0.239 e. The van der Waals surface area contributed by atoms with E-state index < -0.39 is 6.04 Å². The van der Waals surface area contributed by atoms with Gasteiger partial charge in [-0.1, -0.05) is 23.7 Å². The molecule has 5 nitrogen and oxygen atoms in total. The van der Waals surface area contributed by atoms with Crippen LogP contribution in [0.5, 0.6) is 0 Å². The van der Waals surface area contributed by atoms with Crippen LogP contribution in [0.25, 0.3) is 0 Å². The molecule has 0 aromatic heterocycles. The third kappa shape index (κ3) is 6.07. The summed E-state index contributed by atoms with van der Waals surface area (Å²) < 4.78 is 10.2. The maximum absolute atomic E-state index is 11.6. The third-order valence-corrected chi connectivity index (χ3v) is 2.92. The topological polar surface area (TPSA) is 73.6 Å². The second-order valence-corrected chi connectivity index (χ2v) is 4.52. The van der Waals surface area contributed by atoms with Crippen molar-refractivity contribution in [2.24, 2.45) is 5.73 Å². The van der Waals surface area contributed by atoms with Crippen LogP contribution in [0.3, 0.4) is 0 Å². The van der Waals surface area contributed by atoms with Crippen molar-refractivity contribution in [1.82, 2.24) is 5.32 Å². The van der Waals surface area contributed by atoms with Crippen LogP contribution >= 0.6 is 24.0 Å². The number of hydrogen-bond acceptors (Lipinski definition) is 4. The van der Waals surface area contributed by atoms with Gasteiger partial charge in [0.2, 0.25) is 5.91 Å². The molecule has 20 heavy (non-hydrogen) atoms. The molecule has 0 aliphatic rings. The normalized spacial score (nSPS) is 13.2. The van der Waals surface area contributed by atoms with E-state index in [0.29, 0.717) is 11.6 Å². The number of benzene rings is 1. The van der Waals surface area contributed by atoms with Gasteiger partial charge in [0.15, 0.2) is 0 Å². The summed E-state index contributed by atoms with van der Waals surface area (Å²) in [5.74, 6) is -0.266. The van der Waals surface area contributed by atoms with Crippen LogP contribution in [0, 0.1) is 0 Å². The molecule has 0 fully saturated rings. The van der Waals surface area contributed by atoms with Crippen LogP contribution in [-0.4, -0.2) is 39.3 Å². The highest BCUT2D eigenvalue weighted by molar-refractivity contribution is 6.30. The molecule has 1 aromatic rings. The van der Waals surface area contributed by atoms with Gasteiger partial charge in [-0.05, 0) is 17.7 Å². The molecule has 0 radical (unpaired) electrons. The van der Waals surface area contributed by atoms with Gasteiger partial charge < -0.3 is 20.5 Å². The number of halogens is 2. The summed E-state index contributed by atoms with van der Waals surface area (Å²) in [5.41, 5.74) is 6.56. The van der Waals surface area contributed by atoms with Crippen LogP contribution < -0.4 is 11.1 Å². The summed E-state index contributed by atoms with van der Waals surface area (Å²) >= 11 is 5.82. The number of methoxy groups -OCH3 is 2. The Balaban J connectivity index is 0.00000361. The lowest BCUT2D eigenvalue weighted by atomic mass is 10.1. The number of nitrogens with one attached hydrogen (secondary N) is 1. The molecule has 1 rings (SSSR count). The summed E-state index contributed by atoms with van der Waals surface area (Å²) in [7, 11) is 3.08. The van der Waals surface area contributed by atoms with Crippen molar-refractivity contribution < 1.29 is 14.3 Å². The zero-order valence-corrected chi connectivity index (χ0v) is 13.0. The summed E-state index contributed by atoms with van der Waals surface area (Å²) in [6.45, 7) is 0.527. The summed E-state index contributed by atoms with van der Waals surface area (Å²) in [6, 6.07) is 6.60. The molecule has 0 bridgehead atoms. The van der Waals surface area contributed by atoms with Crippen molar-refractivity contribution in [1.29, 1.82) is 0 Å². The van der Waals surface area contributed by atoms with Gasteiger partial charge in [-0.3, -0.25) is 4.79 Å². The minimum atomic E-state index is -0.673. The van der Waals surface area contributed by atoms with E-state index in [0.717, 1.165) is 5.56 Å². The number of carbonyl (C=O) groups excluding carboxylic acids is 1. The van der Waals surface area contributed by atoms with Gasteiger partial charge in [0.1, 0.15) is 6.04 Å². The zero-order chi connectivity index (χ0) is 14.3. The molecule has 2 atom stereocenters. The second-order valence-electron chi connectivity index (χ2n) is 4.08. The van der Waals surface area contributed by atoms with Gasteiger partial charge in [-0.2, -0.15) is 0 Å². The molecule has 1 aromatic carbocycles. The molecular formula is C13H20Cl2N2O3. The molecule has 0 heterocycles. The number of ether oxygens (including phenoxy) is 2. The molecule has 3 N–H and O–H groups in total. The van der Waals surface area contributed by atoms with Gasteiger partial charge in [-0.15, -0.1) is 12.4 Å². The van der Waals surface area contributed by atoms with Crippen LogP contribution in [0.1, 0.15) is 11.7 Å². The molecule has 114 valence electrons. The average molecular weight is 323 g/mol. The van der Waals surface area contributed by atoms with Crippen molar-refractivity contribution in [2.45, 2.75) is 12.1 Å². The first-order valence-electron chi connectivity index (χ1n) is 5.89. The van der Waals surface area contributed by atoms with Crippen LogP contribution in [0.15, 0.2) is 24.3 Å². The van der Waals surface area contributed by atoms with Crippen molar-refractivity contribution in [3.05, 3.63) is 34.9 Å². The molecule has 0 aliphatic carbocycles. The fraction of sp³-hybridized carbons (Fsp3) is 0.462. The predicted molar refractivity (Wildman–Crippen MR) is 81.3 cm³/mol. The van der Waals surface area contributed by atoms with Crippen molar-refractivity contribution in [3.8, 4) is 0 Å². The minimum absolute atomic E-state index is 0. The lowest BCUT2D eigenvalue weighted by Crippen LogP contribution is -2.44. The molecule has 1 amide bonds. The molecule has 2 unspecified atom stereocenters. The first kappa shape index (κ1) is 19.1. The number of nitrogens with two attached hydrogens (primary N) is 1. The summed E-state index contributed by atoms with van der Waals surface area (Å²) in [4.78, 5) is 11.6. The van der Waals surface area contributed by atoms with Gasteiger partial charge in [0.05, 0.1) is 12.7 Å². The minimum Gasteiger partial charge on any atom is -0.383 e. The van der Waals surface area contributed by atoms with Crippen molar-refractivity contribution >= 4 is 29.9 Å². The van der Waals surface area contributed by atoms with E-state index in [1.54, 1.807) is 19.2 Å². The lowest BCUT2D eigenvalue weighted by Gasteiger charge is -2.18. The average Bonchev–Trinajstić information content (AvgIpc) is 2.41. The van der Waals surface area contributed by atoms with E-state index in [1.165, 1.54) is 7.11 Å². The molecule has 0 saturated heterocycles. The Morgan fingerprint density at radius 2 is 1.95 bits per heavy atom.